The minimum Gasteiger partial charge on any atom is -0.316 e. The van der Waals surface area contributed by atoms with Gasteiger partial charge in [0.2, 0.25) is 0 Å². The van der Waals surface area contributed by atoms with Crippen molar-refractivity contribution in [2.75, 3.05) is 18.4 Å². The second-order valence-corrected chi connectivity index (χ2v) is 6.04. The van der Waals surface area contributed by atoms with Crippen LogP contribution in [0.2, 0.25) is 0 Å². The third-order valence-corrected chi connectivity index (χ3v) is 4.29. The average molecular weight is 359 g/mol. The quantitative estimate of drug-likeness (QED) is 0.744. The summed E-state index contributed by atoms with van der Waals surface area (Å²) in [4.78, 5) is 20.9. The first-order valence-corrected chi connectivity index (χ1v) is 8.04. The number of nitrogens with one attached hydrogen (secondary N) is 2. The fraction of sp³-hybridized carbons (Fsp3) is 0.294. The number of hydrogen-bond donors (Lipinski definition) is 2. The van der Waals surface area contributed by atoms with E-state index >= 15 is 0 Å². The van der Waals surface area contributed by atoms with E-state index in [9.17, 15) is 4.79 Å². The lowest BCUT2D eigenvalue weighted by Crippen LogP contribution is -2.16. The smallest absolute Gasteiger partial charge is 0.258 e. The van der Waals surface area contributed by atoms with Gasteiger partial charge in [0.1, 0.15) is 12.1 Å². The summed E-state index contributed by atoms with van der Waals surface area (Å²) in [6, 6.07) is 7.38. The summed E-state index contributed by atoms with van der Waals surface area (Å²) >= 11 is 0. The highest BCUT2D eigenvalue weighted by molar-refractivity contribution is 6.03. The Balaban J connectivity index is 0.00000182. The summed E-state index contributed by atoms with van der Waals surface area (Å²) in [6.07, 6.45) is 7.01. The Labute approximate surface area is 151 Å². The van der Waals surface area contributed by atoms with Crippen LogP contribution < -0.4 is 10.6 Å². The van der Waals surface area contributed by atoms with Gasteiger partial charge >= 0.3 is 0 Å². The number of carbonyl (C=O) groups excluding carboxylic acids is 1. The molecule has 0 aromatic carbocycles. The van der Waals surface area contributed by atoms with Crippen molar-refractivity contribution in [2.45, 2.75) is 12.8 Å². The van der Waals surface area contributed by atoms with Crippen molar-refractivity contribution >= 4 is 29.8 Å². The molecule has 1 aliphatic rings. The van der Waals surface area contributed by atoms with Crippen LogP contribution in [-0.2, 0) is 6.42 Å². The zero-order valence-corrected chi connectivity index (χ0v) is 14.4. The number of halogens is 1. The molecule has 25 heavy (non-hydrogen) atoms. The lowest BCUT2D eigenvalue weighted by Gasteiger charge is -2.10. The Morgan fingerprint density at radius 3 is 3.12 bits per heavy atom. The Hall–Kier alpha value is -2.51. The number of anilines is 1. The normalized spacial score (nSPS) is 16.6. The molecule has 3 aromatic rings. The van der Waals surface area contributed by atoms with Crippen LogP contribution in [0.15, 0.2) is 43.0 Å². The molecule has 1 saturated heterocycles. The fourth-order valence-electron chi connectivity index (χ4n) is 3.07. The van der Waals surface area contributed by atoms with Gasteiger partial charge in [0.15, 0.2) is 5.65 Å². The second kappa shape index (κ2) is 7.58. The molecule has 1 fully saturated rings. The molecular weight excluding hydrogens is 340 g/mol. The number of fused-ring (bicyclic) bond motifs is 1. The predicted octanol–water partition coefficient (Wildman–Crippen LogP) is 1.95. The van der Waals surface area contributed by atoms with Gasteiger partial charge < -0.3 is 10.6 Å². The van der Waals surface area contributed by atoms with Crippen molar-refractivity contribution in [2.24, 2.45) is 5.92 Å². The van der Waals surface area contributed by atoms with E-state index in [-0.39, 0.29) is 18.3 Å². The molecule has 7 nitrogen and oxygen atoms in total. The zero-order chi connectivity index (χ0) is 16.4. The Morgan fingerprint density at radius 2 is 2.28 bits per heavy atom. The monoisotopic (exact) mass is 358 g/mol. The molecule has 1 unspecified atom stereocenters. The van der Waals surface area contributed by atoms with E-state index in [1.807, 2.05) is 24.4 Å². The molecule has 1 amide bonds. The topological polar surface area (TPSA) is 84.2 Å². The highest BCUT2D eigenvalue weighted by Crippen LogP contribution is 2.16. The highest BCUT2D eigenvalue weighted by Gasteiger charge is 2.16. The van der Waals surface area contributed by atoms with Crippen molar-refractivity contribution in [3.63, 3.8) is 0 Å². The summed E-state index contributed by atoms with van der Waals surface area (Å²) in [7, 11) is 0. The Bertz CT molecular complexity index is 874. The van der Waals surface area contributed by atoms with Crippen molar-refractivity contribution < 1.29 is 4.79 Å². The van der Waals surface area contributed by atoms with Gasteiger partial charge in [-0.2, -0.15) is 9.61 Å². The maximum Gasteiger partial charge on any atom is 0.258 e. The fourth-order valence-corrected chi connectivity index (χ4v) is 3.07. The number of rotatable bonds is 4. The van der Waals surface area contributed by atoms with E-state index in [1.165, 1.54) is 12.7 Å². The molecule has 0 aliphatic carbocycles. The molecule has 2 N–H and O–H groups in total. The van der Waals surface area contributed by atoms with Gasteiger partial charge in [0.25, 0.3) is 5.91 Å². The summed E-state index contributed by atoms with van der Waals surface area (Å²) in [5.74, 6) is 1.01. The van der Waals surface area contributed by atoms with E-state index in [4.69, 9.17) is 0 Å². The zero-order valence-electron chi connectivity index (χ0n) is 13.6. The number of nitrogens with zero attached hydrogens (tertiary/aromatic N) is 4. The lowest BCUT2D eigenvalue weighted by molar-refractivity contribution is 0.102. The standard InChI is InChI=1S/C17H18N6O.ClH/c24-17(22-16-3-1-2-15-20-11-21-23(15)16)14-7-13(9-19-10-14)6-12-4-5-18-8-12;/h1-3,7,9-12,18H,4-6,8H2,(H,22,24);1H. The molecule has 1 aliphatic heterocycles. The molecule has 0 saturated carbocycles. The van der Waals surface area contributed by atoms with Gasteiger partial charge in [0.05, 0.1) is 5.56 Å². The van der Waals surface area contributed by atoms with Crippen LogP contribution in [0.3, 0.4) is 0 Å². The first-order chi connectivity index (χ1) is 11.8. The molecule has 0 spiro atoms. The number of amides is 1. The van der Waals surface area contributed by atoms with Gasteiger partial charge in [-0.05, 0) is 55.6 Å². The Morgan fingerprint density at radius 1 is 1.36 bits per heavy atom. The maximum absolute atomic E-state index is 12.5. The lowest BCUT2D eigenvalue weighted by atomic mass is 9.99. The van der Waals surface area contributed by atoms with E-state index in [1.54, 1.807) is 16.8 Å². The number of hydrogen-bond acceptors (Lipinski definition) is 5. The summed E-state index contributed by atoms with van der Waals surface area (Å²) in [5.41, 5.74) is 2.33. The molecule has 0 bridgehead atoms. The van der Waals surface area contributed by atoms with Crippen LogP contribution in [0.25, 0.3) is 5.65 Å². The van der Waals surface area contributed by atoms with Crippen molar-refractivity contribution in [1.29, 1.82) is 0 Å². The van der Waals surface area contributed by atoms with Crippen LogP contribution >= 0.6 is 12.4 Å². The van der Waals surface area contributed by atoms with Gasteiger partial charge in [-0.3, -0.25) is 9.78 Å². The summed E-state index contributed by atoms with van der Waals surface area (Å²) in [5, 5.41) is 10.4. The van der Waals surface area contributed by atoms with E-state index in [2.05, 4.69) is 25.7 Å². The first kappa shape index (κ1) is 17.3. The SMILES string of the molecule is Cl.O=C(Nc1cccc2ncnn12)c1cncc(CC2CCNC2)c1. The first-order valence-electron chi connectivity index (χ1n) is 8.04. The predicted molar refractivity (Wildman–Crippen MR) is 97.1 cm³/mol. The third-order valence-electron chi connectivity index (χ3n) is 4.29. The van der Waals surface area contributed by atoms with Gasteiger partial charge in [-0.25, -0.2) is 4.98 Å². The average Bonchev–Trinajstić information content (AvgIpc) is 3.27. The molecule has 3 aromatic heterocycles. The number of pyridine rings is 2. The molecule has 1 atom stereocenters. The van der Waals surface area contributed by atoms with Crippen molar-refractivity contribution in [1.82, 2.24) is 24.9 Å². The van der Waals surface area contributed by atoms with Crippen LogP contribution in [0, 0.1) is 5.92 Å². The molecule has 8 heteroatoms. The molecular formula is C17H19ClN6O. The Kier molecular flexibility index (Phi) is 5.25. The van der Waals surface area contributed by atoms with E-state index < -0.39 is 0 Å². The second-order valence-electron chi connectivity index (χ2n) is 6.04. The minimum absolute atomic E-state index is 0. The van der Waals surface area contributed by atoms with Crippen LogP contribution in [0.5, 0.6) is 0 Å². The highest BCUT2D eigenvalue weighted by atomic mass is 35.5. The van der Waals surface area contributed by atoms with E-state index in [0.717, 1.165) is 25.1 Å². The molecule has 4 heterocycles. The van der Waals surface area contributed by atoms with Gasteiger partial charge in [-0.1, -0.05) is 6.07 Å². The minimum atomic E-state index is -0.197. The number of aromatic nitrogens is 4. The number of carbonyl (C=O) groups is 1. The summed E-state index contributed by atoms with van der Waals surface area (Å²) < 4.78 is 1.60. The van der Waals surface area contributed by atoms with Gasteiger partial charge in [-0.15, -0.1) is 12.4 Å². The van der Waals surface area contributed by atoms with Crippen LogP contribution in [-0.4, -0.2) is 38.6 Å². The maximum atomic E-state index is 12.5. The van der Waals surface area contributed by atoms with E-state index in [0.29, 0.717) is 22.9 Å². The van der Waals surface area contributed by atoms with Gasteiger partial charge in [0, 0.05) is 12.4 Å². The van der Waals surface area contributed by atoms with Crippen LogP contribution in [0.1, 0.15) is 22.3 Å². The van der Waals surface area contributed by atoms with Crippen molar-refractivity contribution in [3.05, 3.63) is 54.1 Å². The largest absolute Gasteiger partial charge is 0.316 e. The molecule has 0 radical (unpaired) electrons. The van der Waals surface area contributed by atoms with Crippen molar-refractivity contribution in [3.8, 4) is 0 Å². The summed E-state index contributed by atoms with van der Waals surface area (Å²) in [6.45, 7) is 2.10. The van der Waals surface area contributed by atoms with Crippen LogP contribution in [0.4, 0.5) is 5.82 Å². The molecule has 130 valence electrons. The molecule has 4 rings (SSSR count). The third kappa shape index (κ3) is 3.78.